The van der Waals surface area contributed by atoms with E-state index >= 15 is 0 Å². The summed E-state index contributed by atoms with van der Waals surface area (Å²) in [6.45, 7) is 1.93. The molecule has 1 rings (SSSR count). The van der Waals surface area contributed by atoms with Gasteiger partial charge in [-0.2, -0.15) is 5.10 Å². The maximum atomic E-state index is 10.6. The molecule has 3 N–H and O–H groups in total. The summed E-state index contributed by atoms with van der Waals surface area (Å²) in [5.74, 6) is 0.608. The molecule has 0 radical (unpaired) electrons. The highest BCUT2D eigenvalue weighted by Crippen LogP contribution is 1.79. The van der Waals surface area contributed by atoms with E-state index in [0.717, 1.165) is 6.54 Å². The Hall–Kier alpha value is -1.14. The molecule has 68 valence electrons. The van der Waals surface area contributed by atoms with Crippen LogP contribution in [-0.4, -0.2) is 35.4 Å². The number of ether oxygens (including phenoxy) is 1. The van der Waals surface area contributed by atoms with Gasteiger partial charge in [-0.15, -0.1) is 0 Å². The third-order valence-electron chi connectivity index (χ3n) is 1.33. The SMILES string of the molecule is COCCNCc1n[nH]c(=O)[nH]1. The highest BCUT2D eigenvalue weighted by atomic mass is 16.5. The molecule has 0 saturated heterocycles. The molecule has 1 aromatic heterocycles. The van der Waals surface area contributed by atoms with Crippen molar-refractivity contribution < 1.29 is 4.74 Å². The third-order valence-corrected chi connectivity index (χ3v) is 1.33. The summed E-state index contributed by atoms with van der Waals surface area (Å²) in [5, 5.41) is 9.03. The number of hydrogen-bond donors (Lipinski definition) is 3. The molecule has 6 heteroatoms. The van der Waals surface area contributed by atoms with Gasteiger partial charge in [0.15, 0.2) is 0 Å². The quantitative estimate of drug-likeness (QED) is 0.489. The van der Waals surface area contributed by atoms with Gasteiger partial charge in [-0.3, -0.25) is 4.98 Å². The van der Waals surface area contributed by atoms with Gasteiger partial charge in [0.2, 0.25) is 0 Å². The molecular weight excluding hydrogens is 160 g/mol. The summed E-state index contributed by atoms with van der Waals surface area (Å²) in [5.41, 5.74) is -0.279. The van der Waals surface area contributed by atoms with Gasteiger partial charge in [-0.1, -0.05) is 0 Å². The van der Waals surface area contributed by atoms with Crippen molar-refractivity contribution in [3.63, 3.8) is 0 Å². The van der Waals surface area contributed by atoms with E-state index in [1.807, 2.05) is 0 Å². The number of nitrogens with one attached hydrogen (secondary N) is 3. The Bertz CT molecular complexity index is 267. The highest BCUT2D eigenvalue weighted by Gasteiger charge is 1.95. The van der Waals surface area contributed by atoms with Gasteiger partial charge < -0.3 is 10.1 Å². The topological polar surface area (TPSA) is 82.8 Å². The van der Waals surface area contributed by atoms with Crippen molar-refractivity contribution in [2.45, 2.75) is 6.54 Å². The fourth-order valence-electron chi connectivity index (χ4n) is 0.770. The lowest BCUT2D eigenvalue weighted by Crippen LogP contribution is -2.19. The predicted octanol–water partition coefficient (Wildman–Crippen LogP) is -1.17. The average Bonchev–Trinajstić information content (AvgIpc) is 2.45. The first-order chi connectivity index (χ1) is 5.83. The standard InChI is InChI=1S/C6H12N4O2/c1-12-3-2-7-4-5-8-6(11)10-9-5/h7H,2-4H2,1H3,(H2,8,9,10,11). The van der Waals surface area contributed by atoms with Gasteiger partial charge in [-0.05, 0) is 0 Å². The van der Waals surface area contributed by atoms with Gasteiger partial charge in [0.1, 0.15) is 5.82 Å². The number of methoxy groups -OCH3 is 1. The van der Waals surface area contributed by atoms with Gasteiger partial charge in [0.25, 0.3) is 0 Å². The summed E-state index contributed by atoms with van der Waals surface area (Å²) >= 11 is 0. The number of hydrogen-bond acceptors (Lipinski definition) is 4. The van der Waals surface area contributed by atoms with Crippen LogP contribution in [0.1, 0.15) is 5.82 Å². The summed E-state index contributed by atoms with van der Waals surface area (Å²) < 4.78 is 4.82. The normalized spacial score (nSPS) is 10.4. The van der Waals surface area contributed by atoms with E-state index in [1.54, 1.807) is 7.11 Å². The molecule has 0 saturated carbocycles. The summed E-state index contributed by atoms with van der Waals surface area (Å²) in [7, 11) is 1.64. The minimum absolute atomic E-state index is 0.279. The number of H-pyrrole nitrogens is 2. The predicted molar refractivity (Wildman–Crippen MR) is 42.8 cm³/mol. The van der Waals surface area contributed by atoms with Crippen molar-refractivity contribution in [3.05, 3.63) is 16.3 Å². The second-order valence-electron chi connectivity index (χ2n) is 2.29. The second-order valence-corrected chi connectivity index (χ2v) is 2.29. The molecule has 0 unspecified atom stereocenters. The Labute approximate surface area is 69.3 Å². The van der Waals surface area contributed by atoms with Crippen LogP contribution < -0.4 is 11.0 Å². The number of aromatic nitrogens is 3. The zero-order chi connectivity index (χ0) is 8.81. The molecule has 0 amide bonds. The molecule has 0 spiro atoms. The monoisotopic (exact) mass is 172 g/mol. The first-order valence-electron chi connectivity index (χ1n) is 3.66. The fraction of sp³-hybridized carbons (Fsp3) is 0.667. The van der Waals surface area contributed by atoms with Crippen LogP contribution in [-0.2, 0) is 11.3 Å². The van der Waals surface area contributed by atoms with Crippen molar-refractivity contribution in [1.29, 1.82) is 0 Å². The van der Waals surface area contributed by atoms with Crippen molar-refractivity contribution in [3.8, 4) is 0 Å². The molecule has 6 nitrogen and oxygen atoms in total. The maximum Gasteiger partial charge on any atom is 0.340 e. The summed E-state index contributed by atoms with van der Waals surface area (Å²) in [6.07, 6.45) is 0. The zero-order valence-electron chi connectivity index (χ0n) is 6.89. The van der Waals surface area contributed by atoms with E-state index in [1.165, 1.54) is 0 Å². The average molecular weight is 172 g/mol. The van der Waals surface area contributed by atoms with E-state index in [9.17, 15) is 4.79 Å². The Morgan fingerprint density at radius 1 is 1.67 bits per heavy atom. The molecular formula is C6H12N4O2. The van der Waals surface area contributed by atoms with Crippen LogP contribution in [0.5, 0.6) is 0 Å². The molecule has 0 aliphatic heterocycles. The molecule has 0 atom stereocenters. The molecule has 0 aliphatic carbocycles. The molecule has 12 heavy (non-hydrogen) atoms. The minimum atomic E-state index is -0.279. The van der Waals surface area contributed by atoms with Crippen LogP contribution in [0, 0.1) is 0 Å². The number of rotatable bonds is 5. The van der Waals surface area contributed by atoms with Crippen LogP contribution in [0.15, 0.2) is 4.79 Å². The van der Waals surface area contributed by atoms with E-state index < -0.39 is 0 Å². The lowest BCUT2D eigenvalue weighted by atomic mass is 10.5. The highest BCUT2D eigenvalue weighted by molar-refractivity contribution is 4.78. The molecule has 0 fully saturated rings. The van der Waals surface area contributed by atoms with Crippen LogP contribution in [0.25, 0.3) is 0 Å². The summed E-state index contributed by atoms with van der Waals surface area (Å²) in [4.78, 5) is 13.1. The largest absolute Gasteiger partial charge is 0.383 e. The van der Waals surface area contributed by atoms with Crippen LogP contribution in [0.4, 0.5) is 0 Å². The second kappa shape index (κ2) is 4.68. The van der Waals surface area contributed by atoms with E-state index in [4.69, 9.17) is 4.74 Å². The van der Waals surface area contributed by atoms with Crippen LogP contribution >= 0.6 is 0 Å². The Morgan fingerprint density at radius 2 is 2.50 bits per heavy atom. The van der Waals surface area contributed by atoms with E-state index in [2.05, 4.69) is 20.5 Å². The van der Waals surface area contributed by atoms with Crippen molar-refractivity contribution in [1.82, 2.24) is 20.5 Å². The first-order valence-corrected chi connectivity index (χ1v) is 3.66. The van der Waals surface area contributed by atoms with E-state index in [-0.39, 0.29) is 5.69 Å². The third kappa shape index (κ3) is 2.85. The smallest absolute Gasteiger partial charge is 0.340 e. The Balaban J connectivity index is 2.20. The Kier molecular flexibility index (Phi) is 3.49. The van der Waals surface area contributed by atoms with Gasteiger partial charge in [0, 0.05) is 13.7 Å². The van der Waals surface area contributed by atoms with E-state index in [0.29, 0.717) is 19.0 Å². The molecule has 0 aromatic carbocycles. The summed E-state index contributed by atoms with van der Waals surface area (Å²) in [6, 6.07) is 0. The van der Waals surface area contributed by atoms with Crippen LogP contribution in [0.3, 0.4) is 0 Å². The van der Waals surface area contributed by atoms with Gasteiger partial charge in [-0.25, -0.2) is 9.89 Å². The first kappa shape index (κ1) is 8.95. The lowest BCUT2D eigenvalue weighted by Gasteiger charge is -1.99. The Morgan fingerprint density at radius 3 is 3.08 bits per heavy atom. The zero-order valence-corrected chi connectivity index (χ0v) is 6.89. The lowest BCUT2D eigenvalue weighted by molar-refractivity contribution is 0.199. The fourth-order valence-corrected chi connectivity index (χ4v) is 0.770. The molecule has 1 heterocycles. The minimum Gasteiger partial charge on any atom is -0.383 e. The van der Waals surface area contributed by atoms with Gasteiger partial charge in [0.05, 0.1) is 13.2 Å². The molecule has 0 aliphatic rings. The van der Waals surface area contributed by atoms with Crippen molar-refractivity contribution in [2.24, 2.45) is 0 Å². The van der Waals surface area contributed by atoms with Crippen molar-refractivity contribution in [2.75, 3.05) is 20.3 Å². The maximum absolute atomic E-state index is 10.6. The van der Waals surface area contributed by atoms with Crippen molar-refractivity contribution >= 4 is 0 Å². The number of nitrogens with zero attached hydrogens (tertiary/aromatic N) is 1. The van der Waals surface area contributed by atoms with Crippen LogP contribution in [0.2, 0.25) is 0 Å². The molecule has 0 bridgehead atoms. The number of aromatic amines is 2. The molecule has 1 aromatic rings. The van der Waals surface area contributed by atoms with Gasteiger partial charge >= 0.3 is 5.69 Å².